The third-order valence-electron chi connectivity index (χ3n) is 4.06. The standard InChI is InChI=1S/C17H16N2O2S2/c20-23(21,17-10-13-4-1-2-7-16(13)22-17)19-15-6-3-5-12-8-9-18-11-14(12)15/h1-7,10,18-19H,8-9,11H2. The molecule has 2 aromatic carbocycles. The highest BCUT2D eigenvalue weighted by molar-refractivity contribution is 7.94. The molecule has 0 atom stereocenters. The van der Waals surface area contributed by atoms with Crippen LogP contribution >= 0.6 is 11.3 Å². The molecule has 0 spiro atoms. The van der Waals surface area contributed by atoms with Gasteiger partial charge in [0.05, 0.1) is 5.69 Å². The molecule has 0 saturated carbocycles. The van der Waals surface area contributed by atoms with Crippen molar-refractivity contribution in [2.75, 3.05) is 11.3 Å². The maximum atomic E-state index is 12.7. The van der Waals surface area contributed by atoms with Crippen molar-refractivity contribution in [3.05, 3.63) is 59.7 Å². The van der Waals surface area contributed by atoms with Crippen molar-refractivity contribution in [2.24, 2.45) is 0 Å². The van der Waals surface area contributed by atoms with Crippen molar-refractivity contribution < 1.29 is 8.42 Å². The number of rotatable bonds is 3. The number of hydrogen-bond acceptors (Lipinski definition) is 4. The molecule has 1 aliphatic heterocycles. The lowest BCUT2D eigenvalue weighted by atomic mass is 10.00. The topological polar surface area (TPSA) is 58.2 Å². The first-order valence-electron chi connectivity index (χ1n) is 7.46. The Labute approximate surface area is 139 Å². The van der Waals surface area contributed by atoms with Gasteiger partial charge in [-0.05, 0) is 47.7 Å². The van der Waals surface area contributed by atoms with E-state index in [-0.39, 0.29) is 0 Å². The van der Waals surface area contributed by atoms with Gasteiger partial charge in [-0.3, -0.25) is 4.72 Å². The first-order valence-corrected chi connectivity index (χ1v) is 9.76. The lowest BCUT2D eigenvalue weighted by Gasteiger charge is -2.20. The van der Waals surface area contributed by atoms with Crippen LogP contribution in [-0.4, -0.2) is 15.0 Å². The van der Waals surface area contributed by atoms with E-state index in [1.54, 1.807) is 6.07 Å². The van der Waals surface area contributed by atoms with Crippen molar-refractivity contribution >= 4 is 37.1 Å². The summed E-state index contributed by atoms with van der Waals surface area (Å²) in [5.74, 6) is 0. The number of nitrogens with one attached hydrogen (secondary N) is 2. The predicted octanol–water partition coefficient (Wildman–Crippen LogP) is 3.35. The second-order valence-electron chi connectivity index (χ2n) is 5.58. The van der Waals surface area contributed by atoms with E-state index in [2.05, 4.69) is 16.1 Å². The van der Waals surface area contributed by atoms with Crippen LogP contribution in [0.4, 0.5) is 5.69 Å². The van der Waals surface area contributed by atoms with Crippen LogP contribution in [0, 0.1) is 0 Å². The van der Waals surface area contributed by atoms with Gasteiger partial charge < -0.3 is 5.32 Å². The summed E-state index contributed by atoms with van der Waals surface area (Å²) in [7, 11) is -3.57. The van der Waals surface area contributed by atoms with E-state index in [0.29, 0.717) is 16.4 Å². The molecule has 3 aromatic rings. The number of hydrogen-bond donors (Lipinski definition) is 2. The van der Waals surface area contributed by atoms with Gasteiger partial charge in [0.2, 0.25) is 0 Å². The zero-order valence-electron chi connectivity index (χ0n) is 12.4. The average molecular weight is 344 g/mol. The van der Waals surface area contributed by atoms with Gasteiger partial charge in [0, 0.05) is 11.2 Å². The summed E-state index contributed by atoms with van der Waals surface area (Å²) < 4.78 is 29.6. The fourth-order valence-electron chi connectivity index (χ4n) is 2.89. The Bertz CT molecular complexity index is 944. The van der Waals surface area contributed by atoms with Gasteiger partial charge in [0.1, 0.15) is 4.21 Å². The van der Waals surface area contributed by atoms with E-state index in [0.717, 1.165) is 28.6 Å². The van der Waals surface area contributed by atoms with E-state index >= 15 is 0 Å². The van der Waals surface area contributed by atoms with Crippen LogP contribution in [0.3, 0.4) is 0 Å². The molecule has 2 heterocycles. The number of fused-ring (bicyclic) bond motifs is 2. The molecule has 0 aliphatic carbocycles. The third kappa shape index (κ3) is 2.73. The van der Waals surface area contributed by atoms with Crippen LogP contribution in [0.5, 0.6) is 0 Å². The number of benzene rings is 2. The van der Waals surface area contributed by atoms with Gasteiger partial charge in [-0.1, -0.05) is 30.3 Å². The monoisotopic (exact) mass is 344 g/mol. The molecular weight excluding hydrogens is 328 g/mol. The molecule has 118 valence electrons. The second-order valence-corrected chi connectivity index (χ2v) is 8.57. The van der Waals surface area contributed by atoms with Gasteiger partial charge >= 0.3 is 0 Å². The van der Waals surface area contributed by atoms with Crippen molar-refractivity contribution in [3.63, 3.8) is 0 Å². The summed E-state index contributed by atoms with van der Waals surface area (Å²) in [4.78, 5) is 0. The smallest absolute Gasteiger partial charge is 0.271 e. The Hall–Kier alpha value is -1.89. The first kappa shape index (κ1) is 14.7. The molecule has 0 amide bonds. The largest absolute Gasteiger partial charge is 0.312 e. The van der Waals surface area contributed by atoms with Gasteiger partial charge in [-0.15, -0.1) is 11.3 Å². The van der Waals surface area contributed by atoms with Crippen LogP contribution < -0.4 is 10.0 Å². The van der Waals surface area contributed by atoms with Gasteiger partial charge in [-0.25, -0.2) is 8.42 Å². The fourth-order valence-corrected chi connectivity index (χ4v) is 5.39. The van der Waals surface area contributed by atoms with E-state index in [9.17, 15) is 8.42 Å². The second kappa shape index (κ2) is 5.63. The molecule has 23 heavy (non-hydrogen) atoms. The Morgan fingerprint density at radius 3 is 2.83 bits per heavy atom. The molecule has 0 saturated heterocycles. The zero-order chi connectivity index (χ0) is 15.9. The van der Waals surface area contributed by atoms with Crippen LogP contribution in [0.1, 0.15) is 11.1 Å². The van der Waals surface area contributed by atoms with E-state index in [4.69, 9.17) is 0 Å². The van der Waals surface area contributed by atoms with Gasteiger partial charge in [-0.2, -0.15) is 0 Å². The molecule has 4 nitrogen and oxygen atoms in total. The average Bonchev–Trinajstić information content (AvgIpc) is 3.00. The molecule has 0 fully saturated rings. The fraction of sp³-hybridized carbons (Fsp3) is 0.176. The molecule has 1 aliphatic rings. The number of sulfonamides is 1. The molecule has 6 heteroatoms. The Kier molecular flexibility index (Phi) is 3.60. The normalized spacial score (nSPS) is 14.6. The number of anilines is 1. The van der Waals surface area contributed by atoms with Crippen molar-refractivity contribution in [1.82, 2.24) is 5.32 Å². The van der Waals surface area contributed by atoms with Gasteiger partial charge in [0.25, 0.3) is 10.0 Å². The lowest BCUT2D eigenvalue weighted by Crippen LogP contribution is -2.25. The summed E-state index contributed by atoms with van der Waals surface area (Å²) >= 11 is 1.29. The van der Waals surface area contributed by atoms with E-state index < -0.39 is 10.0 Å². The molecule has 2 N–H and O–H groups in total. The summed E-state index contributed by atoms with van der Waals surface area (Å²) in [5.41, 5.74) is 2.93. The van der Waals surface area contributed by atoms with Crippen molar-refractivity contribution in [1.29, 1.82) is 0 Å². The first-order chi connectivity index (χ1) is 11.1. The summed E-state index contributed by atoms with van der Waals surface area (Å²) in [6.45, 7) is 1.62. The molecule has 1 aromatic heterocycles. The molecule has 0 radical (unpaired) electrons. The Balaban J connectivity index is 1.73. The molecule has 0 unspecified atom stereocenters. The SMILES string of the molecule is O=S(=O)(Nc1cccc2c1CNCC2)c1cc2ccccc2s1. The van der Waals surface area contributed by atoms with Crippen LogP contribution in [0.15, 0.2) is 52.7 Å². The highest BCUT2D eigenvalue weighted by Crippen LogP contribution is 2.31. The van der Waals surface area contributed by atoms with Gasteiger partial charge in [0.15, 0.2) is 0 Å². The molecular formula is C17H16N2O2S2. The minimum atomic E-state index is -3.57. The molecule has 0 bridgehead atoms. The minimum Gasteiger partial charge on any atom is -0.312 e. The molecule has 4 rings (SSSR count). The van der Waals surface area contributed by atoms with Crippen molar-refractivity contribution in [3.8, 4) is 0 Å². The number of thiophene rings is 1. The Morgan fingerprint density at radius 2 is 1.96 bits per heavy atom. The summed E-state index contributed by atoms with van der Waals surface area (Å²) in [5, 5.41) is 4.25. The lowest BCUT2D eigenvalue weighted by molar-refractivity contribution is 0.602. The maximum absolute atomic E-state index is 12.7. The highest BCUT2D eigenvalue weighted by Gasteiger charge is 2.20. The maximum Gasteiger partial charge on any atom is 0.271 e. The quantitative estimate of drug-likeness (QED) is 0.766. The summed E-state index contributed by atoms with van der Waals surface area (Å²) in [6, 6.07) is 15.2. The van der Waals surface area contributed by atoms with Crippen molar-refractivity contribution in [2.45, 2.75) is 17.2 Å². The highest BCUT2D eigenvalue weighted by atomic mass is 32.2. The Morgan fingerprint density at radius 1 is 1.09 bits per heavy atom. The van der Waals surface area contributed by atoms with Crippen LogP contribution in [-0.2, 0) is 23.0 Å². The van der Waals surface area contributed by atoms with Crippen LogP contribution in [0.25, 0.3) is 10.1 Å². The van der Waals surface area contributed by atoms with E-state index in [1.807, 2.05) is 36.4 Å². The predicted molar refractivity (Wildman–Crippen MR) is 94.5 cm³/mol. The third-order valence-corrected chi connectivity index (χ3v) is 7.01. The summed E-state index contributed by atoms with van der Waals surface area (Å²) in [6.07, 6.45) is 0.924. The van der Waals surface area contributed by atoms with Crippen LogP contribution in [0.2, 0.25) is 0 Å². The zero-order valence-corrected chi connectivity index (χ0v) is 14.0. The minimum absolute atomic E-state index is 0.347. The van der Waals surface area contributed by atoms with E-state index in [1.165, 1.54) is 16.9 Å².